The highest BCUT2D eigenvalue weighted by Crippen LogP contribution is 2.23. The maximum atomic E-state index is 13.0. The zero-order valence-electron chi connectivity index (χ0n) is 20.7. The first-order chi connectivity index (χ1) is 16.4. The van der Waals surface area contributed by atoms with Crippen molar-refractivity contribution in [2.45, 2.75) is 39.7 Å². The third kappa shape index (κ3) is 7.03. The molecule has 0 saturated carbocycles. The monoisotopic (exact) mass is 484 g/mol. The van der Waals surface area contributed by atoms with Crippen molar-refractivity contribution in [2.75, 3.05) is 51.3 Å². The number of amides is 1. The summed E-state index contributed by atoms with van der Waals surface area (Å²) in [6, 6.07) is 12.0. The SMILES string of the molecule is CCCCN(CC(=O)N1CCN(c2ccc(-c3cccc(OC)c3)nn2)CC1)C(=S)NC(C)C. The van der Waals surface area contributed by atoms with Crippen molar-refractivity contribution in [3.63, 3.8) is 0 Å². The third-order valence-corrected chi connectivity index (χ3v) is 6.16. The Labute approximate surface area is 208 Å². The fourth-order valence-electron chi connectivity index (χ4n) is 3.82. The fraction of sp³-hybridized carbons (Fsp3) is 0.520. The first-order valence-corrected chi connectivity index (χ1v) is 12.4. The molecule has 0 radical (unpaired) electrons. The number of benzene rings is 1. The minimum atomic E-state index is 0.114. The number of rotatable bonds is 9. The predicted octanol–water partition coefficient (Wildman–Crippen LogP) is 3.19. The molecule has 9 heteroatoms. The quantitative estimate of drug-likeness (QED) is 0.544. The molecule has 34 heavy (non-hydrogen) atoms. The summed E-state index contributed by atoms with van der Waals surface area (Å²) in [4.78, 5) is 19.1. The largest absolute Gasteiger partial charge is 0.497 e. The van der Waals surface area contributed by atoms with E-state index in [0.29, 0.717) is 24.7 Å². The zero-order chi connectivity index (χ0) is 24.5. The molecule has 0 unspecified atom stereocenters. The lowest BCUT2D eigenvalue weighted by atomic mass is 10.1. The maximum absolute atomic E-state index is 13.0. The van der Waals surface area contributed by atoms with Crippen molar-refractivity contribution in [1.82, 2.24) is 25.3 Å². The molecule has 1 amide bonds. The lowest BCUT2D eigenvalue weighted by molar-refractivity contribution is -0.131. The Kier molecular flexibility index (Phi) is 9.44. The van der Waals surface area contributed by atoms with Crippen molar-refractivity contribution in [2.24, 2.45) is 0 Å². The van der Waals surface area contributed by atoms with E-state index in [0.717, 1.165) is 55.3 Å². The molecule has 0 atom stereocenters. The van der Waals surface area contributed by atoms with Crippen LogP contribution in [0.25, 0.3) is 11.3 Å². The van der Waals surface area contributed by atoms with Gasteiger partial charge in [0, 0.05) is 44.3 Å². The van der Waals surface area contributed by atoms with Gasteiger partial charge in [0.1, 0.15) is 5.75 Å². The molecule has 8 nitrogen and oxygen atoms in total. The van der Waals surface area contributed by atoms with Crippen LogP contribution in [0, 0.1) is 0 Å². The summed E-state index contributed by atoms with van der Waals surface area (Å²) in [5, 5.41) is 12.8. The highest BCUT2D eigenvalue weighted by molar-refractivity contribution is 7.80. The number of hydrogen-bond donors (Lipinski definition) is 1. The number of carbonyl (C=O) groups is 1. The number of hydrogen-bond acceptors (Lipinski definition) is 6. The number of aromatic nitrogens is 2. The first kappa shape index (κ1) is 25.7. The number of ether oxygens (including phenoxy) is 1. The Balaban J connectivity index is 1.55. The van der Waals surface area contributed by atoms with Gasteiger partial charge >= 0.3 is 0 Å². The van der Waals surface area contributed by atoms with Crippen LogP contribution in [0.1, 0.15) is 33.6 Å². The van der Waals surface area contributed by atoms with Crippen molar-refractivity contribution in [3.8, 4) is 17.0 Å². The number of piperazine rings is 1. The van der Waals surface area contributed by atoms with Gasteiger partial charge in [0.2, 0.25) is 5.91 Å². The summed E-state index contributed by atoms with van der Waals surface area (Å²) in [6.07, 6.45) is 2.07. The van der Waals surface area contributed by atoms with E-state index in [9.17, 15) is 4.79 Å². The second-order valence-corrected chi connectivity index (χ2v) is 9.14. The molecule has 3 rings (SSSR count). The first-order valence-electron chi connectivity index (χ1n) is 12.0. The van der Waals surface area contributed by atoms with Crippen LogP contribution >= 0.6 is 12.2 Å². The van der Waals surface area contributed by atoms with Gasteiger partial charge in [-0.3, -0.25) is 4.79 Å². The summed E-state index contributed by atoms with van der Waals surface area (Å²) in [5.74, 6) is 1.73. The van der Waals surface area contributed by atoms with Crippen LogP contribution in [-0.4, -0.2) is 83.4 Å². The molecule has 1 saturated heterocycles. The molecule has 1 fully saturated rings. The van der Waals surface area contributed by atoms with E-state index in [1.807, 2.05) is 46.2 Å². The summed E-state index contributed by atoms with van der Waals surface area (Å²) in [6.45, 7) is 10.1. The van der Waals surface area contributed by atoms with Crippen molar-refractivity contribution in [1.29, 1.82) is 0 Å². The van der Waals surface area contributed by atoms with Crippen molar-refractivity contribution >= 4 is 29.1 Å². The number of nitrogens with one attached hydrogen (secondary N) is 1. The van der Waals surface area contributed by atoms with Crippen molar-refractivity contribution < 1.29 is 9.53 Å². The highest BCUT2D eigenvalue weighted by atomic mass is 32.1. The molecular formula is C25H36N6O2S. The molecule has 2 aromatic rings. The number of thiocarbonyl (C=S) groups is 1. The van der Waals surface area contributed by atoms with E-state index >= 15 is 0 Å². The topological polar surface area (TPSA) is 73.8 Å². The van der Waals surface area contributed by atoms with E-state index in [1.165, 1.54) is 0 Å². The number of carbonyl (C=O) groups excluding carboxylic acids is 1. The second kappa shape index (κ2) is 12.5. The normalized spacial score (nSPS) is 13.7. The molecule has 1 aliphatic rings. The van der Waals surface area contributed by atoms with Gasteiger partial charge in [0.05, 0.1) is 19.3 Å². The van der Waals surface area contributed by atoms with E-state index in [4.69, 9.17) is 17.0 Å². The molecule has 1 aromatic heterocycles. The van der Waals surface area contributed by atoms with Gasteiger partial charge in [-0.15, -0.1) is 10.2 Å². The van der Waals surface area contributed by atoms with E-state index in [-0.39, 0.29) is 11.9 Å². The van der Waals surface area contributed by atoms with Crippen molar-refractivity contribution in [3.05, 3.63) is 36.4 Å². The summed E-state index contributed by atoms with van der Waals surface area (Å²) >= 11 is 5.54. The highest BCUT2D eigenvalue weighted by Gasteiger charge is 2.24. The van der Waals surface area contributed by atoms with Gasteiger partial charge < -0.3 is 24.8 Å². The molecule has 1 aromatic carbocycles. The number of nitrogens with zero attached hydrogens (tertiary/aromatic N) is 5. The van der Waals surface area contributed by atoms with Crippen LogP contribution < -0.4 is 15.0 Å². The molecule has 0 aliphatic carbocycles. The van der Waals surface area contributed by atoms with Gasteiger partial charge in [0.15, 0.2) is 10.9 Å². The molecule has 0 spiro atoms. The summed E-state index contributed by atoms with van der Waals surface area (Å²) in [7, 11) is 1.65. The molecule has 1 aliphatic heterocycles. The molecule has 2 heterocycles. The minimum Gasteiger partial charge on any atom is -0.497 e. The standard InChI is InChI=1S/C25H36N6O2S/c1-5-6-12-31(25(34)26-19(2)3)18-24(32)30-15-13-29(14-16-30)23-11-10-22(27-28-23)20-8-7-9-21(17-20)33-4/h7-11,17,19H,5-6,12-16,18H2,1-4H3,(H,26,34). The molecule has 184 valence electrons. The Morgan fingerprint density at radius 3 is 2.56 bits per heavy atom. The van der Waals surface area contributed by atoms with Gasteiger partial charge in [0.25, 0.3) is 0 Å². The average Bonchev–Trinajstić information content (AvgIpc) is 2.86. The van der Waals surface area contributed by atoms with Crippen LogP contribution in [0.5, 0.6) is 5.75 Å². The van der Waals surface area contributed by atoms with E-state index in [1.54, 1.807) is 7.11 Å². The average molecular weight is 485 g/mol. The van der Waals surface area contributed by atoms with Crippen LogP contribution in [-0.2, 0) is 4.79 Å². The van der Waals surface area contributed by atoms with Crippen LogP contribution in [0.3, 0.4) is 0 Å². The van der Waals surface area contributed by atoms with Gasteiger partial charge in [-0.25, -0.2) is 0 Å². The van der Waals surface area contributed by atoms with Gasteiger partial charge in [-0.2, -0.15) is 0 Å². The van der Waals surface area contributed by atoms with Crippen LogP contribution in [0.2, 0.25) is 0 Å². The zero-order valence-corrected chi connectivity index (χ0v) is 21.5. The number of unbranched alkanes of at least 4 members (excludes halogenated alkanes) is 1. The van der Waals surface area contributed by atoms with E-state index in [2.05, 4.69) is 41.2 Å². The Morgan fingerprint density at radius 2 is 1.94 bits per heavy atom. The maximum Gasteiger partial charge on any atom is 0.242 e. The molecule has 0 bridgehead atoms. The van der Waals surface area contributed by atoms with Gasteiger partial charge in [-0.1, -0.05) is 25.5 Å². The third-order valence-electron chi connectivity index (χ3n) is 5.78. The van der Waals surface area contributed by atoms with E-state index < -0.39 is 0 Å². The lowest BCUT2D eigenvalue weighted by Crippen LogP contribution is -2.53. The molecular weight excluding hydrogens is 448 g/mol. The van der Waals surface area contributed by atoms with Gasteiger partial charge in [-0.05, 0) is 56.8 Å². The smallest absolute Gasteiger partial charge is 0.242 e. The van der Waals surface area contributed by atoms with Crippen LogP contribution in [0.15, 0.2) is 36.4 Å². The number of anilines is 1. The number of methoxy groups -OCH3 is 1. The minimum absolute atomic E-state index is 0.114. The summed E-state index contributed by atoms with van der Waals surface area (Å²) in [5.41, 5.74) is 1.76. The summed E-state index contributed by atoms with van der Waals surface area (Å²) < 4.78 is 5.30. The predicted molar refractivity (Wildman–Crippen MR) is 140 cm³/mol. The Hall–Kier alpha value is -2.94. The Bertz CT molecular complexity index is 945. The Morgan fingerprint density at radius 1 is 1.18 bits per heavy atom. The van der Waals surface area contributed by atoms with Crippen LogP contribution in [0.4, 0.5) is 5.82 Å². The lowest BCUT2D eigenvalue weighted by Gasteiger charge is -2.36. The fourth-order valence-corrected chi connectivity index (χ4v) is 4.21. The second-order valence-electron chi connectivity index (χ2n) is 8.76. The molecule has 1 N–H and O–H groups in total.